The molecule has 1 atom stereocenters. The summed E-state index contributed by atoms with van der Waals surface area (Å²) in [6.07, 6.45) is -4.51. The molecule has 3 N–H and O–H groups in total. The summed E-state index contributed by atoms with van der Waals surface area (Å²) in [6.45, 7) is -0.108. The van der Waals surface area contributed by atoms with E-state index in [0.717, 1.165) is 5.56 Å². The van der Waals surface area contributed by atoms with Gasteiger partial charge in [0, 0.05) is 18.1 Å². The van der Waals surface area contributed by atoms with E-state index < -0.39 is 17.9 Å². The highest BCUT2D eigenvalue weighted by Gasteiger charge is 2.42. The molecule has 3 nitrogen and oxygen atoms in total. The number of rotatable bonds is 5. The van der Waals surface area contributed by atoms with Gasteiger partial charge in [-0.1, -0.05) is 29.8 Å². The molecule has 0 aromatic heterocycles. The average Bonchev–Trinajstić information content (AvgIpc) is 2.27. The molecule has 0 aliphatic rings. The maximum Gasteiger partial charge on any atom is 0.399 e. The van der Waals surface area contributed by atoms with E-state index in [2.05, 4.69) is 0 Å². The predicted molar refractivity (Wildman–Crippen MR) is 69.2 cm³/mol. The largest absolute Gasteiger partial charge is 0.399 e. The van der Waals surface area contributed by atoms with Gasteiger partial charge in [-0.2, -0.15) is 13.2 Å². The fraction of sp³-hybridized carbons (Fsp3) is 0.417. The van der Waals surface area contributed by atoms with E-state index >= 15 is 0 Å². The number of hydrogen-bond acceptors (Lipinski definition) is 2. The van der Waals surface area contributed by atoms with Crippen molar-refractivity contribution in [1.82, 2.24) is 4.90 Å². The lowest BCUT2D eigenvalue weighted by atomic mass is 10.1. The van der Waals surface area contributed by atoms with Crippen LogP contribution in [0.2, 0.25) is 5.02 Å². The summed E-state index contributed by atoms with van der Waals surface area (Å²) in [4.78, 5) is 1.45. The summed E-state index contributed by atoms with van der Waals surface area (Å²) in [6, 6.07) is 6.94. The SMILES string of the molecule is CN(Cc1ccccc1Cl)CC(C(=N)N)C(F)(F)F. The van der Waals surface area contributed by atoms with Crippen LogP contribution in [0.15, 0.2) is 24.3 Å². The van der Waals surface area contributed by atoms with Gasteiger partial charge in [0.25, 0.3) is 0 Å². The molecule has 0 saturated carbocycles. The van der Waals surface area contributed by atoms with Crippen LogP contribution in [0.3, 0.4) is 0 Å². The van der Waals surface area contributed by atoms with E-state index in [1.165, 1.54) is 11.9 Å². The van der Waals surface area contributed by atoms with Crippen molar-refractivity contribution in [2.45, 2.75) is 12.7 Å². The highest BCUT2D eigenvalue weighted by molar-refractivity contribution is 6.31. The standard InChI is InChI=1S/C12H15ClF3N3/c1-19(6-8-4-2-3-5-10(8)13)7-9(11(17)18)12(14,15)16/h2-5,9H,6-7H2,1H3,(H3,17,18). The summed E-state index contributed by atoms with van der Waals surface area (Å²) in [5.41, 5.74) is 5.74. The first-order valence-corrected chi connectivity index (χ1v) is 5.92. The summed E-state index contributed by atoms with van der Waals surface area (Å²) < 4.78 is 38.0. The van der Waals surface area contributed by atoms with Crippen LogP contribution < -0.4 is 5.73 Å². The molecule has 0 saturated heterocycles. The topological polar surface area (TPSA) is 53.1 Å². The Kier molecular flexibility index (Phi) is 5.20. The average molecular weight is 294 g/mol. The van der Waals surface area contributed by atoms with Crippen LogP contribution in [0, 0.1) is 11.3 Å². The Morgan fingerprint density at radius 1 is 1.42 bits per heavy atom. The van der Waals surface area contributed by atoms with Crippen molar-refractivity contribution in [2.75, 3.05) is 13.6 Å². The molecule has 0 bridgehead atoms. The van der Waals surface area contributed by atoms with Crippen molar-refractivity contribution in [1.29, 1.82) is 5.41 Å². The Morgan fingerprint density at radius 2 is 2.00 bits per heavy atom. The molecule has 0 fully saturated rings. The van der Waals surface area contributed by atoms with Gasteiger partial charge < -0.3 is 10.6 Å². The van der Waals surface area contributed by atoms with Crippen LogP contribution in [-0.4, -0.2) is 30.5 Å². The van der Waals surface area contributed by atoms with Crippen molar-refractivity contribution in [2.24, 2.45) is 11.7 Å². The lowest BCUT2D eigenvalue weighted by molar-refractivity contribution is -0.159. The van der Waals surface area contributed by atoms with E-state index in [9.17, 15) is 13.2 Å². The molecule has 0 heterocycles. The summed E-state index contributed by atoms with van der Waals surface area (Å²) in [5, 5.41) is 7.53. The maximum absolute atomic E-state index is 12.7. The van der Waals surface area contributed by atoms with Crippen molar-refractivity contribution >= 4 is 17.4 Å². The minimum atomic E-state index is -4.51. The number of hydrogen-bond donors (Lipinski definition) is 2. The van der Waals surface area contributed by atoms with Gasteiger partial charge in [0.05, 0.1) is 0 Å². The first kappa shape index (κ1) is 15.8. The van der Waals surface area contributed by atoms with Crippen LogP contribution in [0.1, 0.15) is 5.56 Å². The quantitative estimate of drug-likeness (QED) is 0.648. The molecule has 7 heteroatoms. The molecule has 1 rings (SSSR count). The van der Waals surface area contributed by atoms with E-state index in [1.807, 2.05) is 0 Å². The van der Waals surface area contributed by atoms with E-state index in [0.29, 0.717) is 5.02 Å². The zero-order chi connectivity index (χ0) is 14.6. The first-order chi connectivity index (χ1) is 8.71. The van der Waals surface area contributed by atoms with Crippen molar-refractivity contribution in [3.63, 3.8) is 0 Å². The van der Waals surface area contributed by atoms with Gasteiger partial charge in [0.1, 0.15) is 11.8 Å². The third-order valence-corrected chi connectivity index (χ3v) is 3.03. The number of benzene rings is 1. The Morgan fingerprint density at radius 3 is 2.47 bits per heavy atom. The normalized spacial score (nSPS) is 13.6. The van der Waals surface area contributed by atoms with Gasteiger partial charge >= 0.3 is 6.18 Å². The van der Waals surface area contributed by atoms with Gasteiger partial charge in [-0.25, -0.2) is 0 Å². The number of nitrogens with zero attached hydrogens (tertiary/aromatic N) is 1. The molecule has 0 aliphatic carbocycles. The zero-order valence-electron chi connectivity index (χ0n) is 10.3. The van der Waals surface area contributed by atoms with Crippen LogP contribution >= 0.6 is 11.6 Å². The van der Waals surface area contributed by atoms with Gasteiger partial charge in [-0.3, -0.25) is 5.41 Å². The zero-order valence-corrected chi connectivity index (χ0v) is 11.1. The van der Waals surface area contributed by atoms with Gasteiger partial charge in [0.15, 0.2) is 0 Å². The van der Waals surface area contributed by atoms with Crippen LogP contribution in [0.4, 0.5) is 13.2 Å². The van der Waals surface area contributed by atoms with Gasteiger partial charge in [-0.05, 0) is 18.7 Å². The highest BCUT2D eigenvalue weighted by atomic mass is 35.5. The van der Waals surface area contributed by atoms with E-state index in [1.54, 1.807) is 24.3 Å². The second-order valence-corrected chi connectivity index (χ2v) is 4.74. The number of nitrogens with one attached hydrogen (secondary N) is 1. The Bertz CT molecular complexity index is 448. The predicted octanol–water partition coefficient (Wildman–Crippen LogP) is 2.89. The van der Waals surface area contributed by atoms with Gasteiger partial charge in [0.2, 0.25) is 0 Å². The summed E-state index contributed by atoms with van der Waals surface area (Å²) >= 11 is 5.94. The second-order valence-electron chi connectivity index (χ2n) is 4.34. The number of halogens is 4. The number of nitrogens with two attached hydrogens (primary N) is 1. The Balaban J connectivity index is 2.71. The summed E-state index contributed by atoms with van der Waals surface area (Å²) in [5.74, 6) is -2.83. The molecular formula is C12H15ClF3N3. The van der Waals surface area contributed by atoms with E-state index in [4.69, 9.17) is 22.7 Å². The van der Waals surface area contributed by atoms with Crippen LogP contribution in [0.25, 0.3) is 0 Å². The molecule has 106 valence electrons. The second kappa shape index (κ2) is 6.25. The lowest BCUT2D eigenvalue weighted by Gasteiger charge is -2.25. The van der Waals surface area contributed by atoms with Crippen LogP contribution in [0.5, 0.6) is 0 Å². The fourth-order valence-electron chi connectivity index (χ4n) is 1.67. The molecule has 19 heavy (non-hydrogen) atoms. The molecule has 0 aliphatic heterocycles. The summed E-state index contributed by atoms with van der Waals surface area (Å²) in [7, 11) is 1.53. The van der Waals surface area contributed by atoms with Gasteiger partial charge in [-0.15, -0.1) is 0 Å². The molecule has 0 spiro atoms. The third kappa shape index (κ3) is 4.72. The number of amidine groups is 1. The van der Waals surface area contributed by atoms with Crippen molar-refractivity contribution in [3.05, 3.63) is 34.9 Å². The van der Waals surface area contributed by atoms with Crippen LogP contribution in [-0.2, 0) is 6.54 Å². The fourth-order valence-corrected chi connectivity index (χ4v) is 1.87. The molecule has 1 aromatic rings. The lowest BCUT2D eigenvalue weighted by Crippen LogP contribution is -2.42. The van der Waals surface area contributed by atoms with E-state index in [-0.39, 0.29) is 13.1 Å². The molecule has 0 amide bonds. The molecular weight excluding hydrogens is 279 g/mol. The van der Waals surface area contributed by atoms with Crippen molar-refractivity contribution < 1.29 is 13.2 Å². The third-order valence-electron chi connectivity index (χ3n) is 2.66. The molecule has 1 unspecified atom stereocenters. The number of alkyl halides is 3. The minimum absolute atomic E-state index is 0.263. The Hall–Kier alpha value is -1.27. The molecule has 0 radical (unpaired) electrons. The Labute approximate surface area is 114 Å². The first-order valence-electron chi connectivity index (χ1n) is 5.54. The molecule has 1 aromatic carbocycles. The monoisotopic (exact) mass is 293 g/mol. The minimum Gasteiger partial charge on any atom is -0.387 e. The highest BCUT2D eigenvalue weighted by Crippen LogP contribution is 2.27. The smallest absolute Gasteiger partial charge is 0.387 e. The van der Waals surface area contributed by atoms with Crippen molar-refractivity contribution in [3.8, 4) is 0 Å². The maximum atomic E-state index is 12.7.